The van der Waals surface area contributed by atoms with Crippen molar-refractivity contribution < 1.29 is 10.2 Å². The van der Waals surface area contributed by atoms with Gasteiger partial charge in [0.15, 0.2) is 0 Å². The number of hydrogen-bond donors (Lipinski definition) is 2. The number of aliphatic hydroxyl groups is 2. The lowest BCUT2D eigenvalue weighted by molar-refractivity contribution is 0.161. The first-order valence-corrected chi connectivity index (χ1v) is 4.64. The van der Waals surface area contributed by atoms with Crippen molar-refractivity contribution in [3.63, 3.8) is 0 Å². The Balaban J connectivity index is 3.34. The summed E-state index contributed by atoms with van der Waals surface area (Å²) in [6, 6.07) is 0.966. The zero-order chi connectivity index (χ0) is 8.53. The van der Waals surface area contributed by atoms with Crippen LogP contribution < -0.4 is 0 Å². The molecule has 0 aliphatic carbocycles. The van der Waals surface area contributed by atoms with Gasteiger partial charge in [-0.15, -0.1) is 0 Å². The smallest absolute Gasteiger partial charge is 0.0558 e. The van der Waals surface area contributed by atoms with Crippen molar-refractivity contribution in [3.8, 4) is 0 Å². The van der Waals surface area contributed by atoms with Crippen molar-refractivity contribution in [3.05, 3.63) is 0 Å². The zero-order valence-corrected chi connectivity index (χ0v) is 7.79. The number of aliphatic hydroxyl groups excluding tert-OH is 2. The highest BCUT2D eigenvalue weighted by atomic mass is 28.1. The van der Waals surface area contributed by atoms with Gasteiger partial charge in [-0.25, -0.2) is 0 Å². The molecule has 0 aromatic carbocycles. The molecule has 0 aliphatic heterocycles. The molecular weight excluding hydrogens is 158 g/mol. The number of rotatable bonds is 7. The van der Waals surface area contributed by atoms with Crippen LogP contribution in [0.4, 0.5) is 0 Å². The molecule has 0 aromatic heterocycles. The molecule has 0 rings (SSSR count). The average Bonchev–Trinajstić information content (AvgIpc) is 2.01. The van der Waals surface area contributed by atoms with Crippen LogP contribution in [-0.4, -0.2) is 58.2 Å². The maximum atomic E-state index is 8.63. The second-order valence-electron chi connectivity index (χ2n) is 2.39. The van der Waals surface area contributed by atoms with E-state index < -0.39 is 0 Å². The van der Waals surface area contributed by atoms with Gasteiger partial charge >= 0.3 is 0 Å². The summed E-state index contributed by atoms with van der Waals surface area (Å²) < 4.78 is 0. The monoisotopic (exact) mass is 174 g/mol. The lowest BCUT2D eigenvalue weighted by Gasteiger charge is -2.19. The van der Waals surface area contributed by atoms with E-state index in [4.69, 9.17) is 10.2 Å². The summed E-state index contributed by atoms with van der Waals surface area (Å²) in [5, 5.41) is 17.3. The van der Waals surface area contributed by atoms with Gasteiger partial charge in [0.2, 0.25) is 0 Å². The molecule has 3 radical (unpaired) electrons. The molecule has 3 nitrogen and oxygen atoms in total. The van der Waals surface area contributed by atoms with Crippen LogP contribution in [0.3, 0.4) is 0 Å². The van der Waals surface area contributed by atoms with E-state index in [-0.39, 0.29) is 13.2 Å². The first kappa shape index (κ1) is 11.1. The van der Waals surface area contributed by atoms with E-state index in [9.17, 15) is 0 Å². The van der Waals surface area contributed by atoms with Gasteiger partial charge < -0.3 is 10.2 Å². The van der Waals surface area contributed by atoms with Gasteiger partial charge in [-0.3, -0.25) is 4.90 Å². The Labute approximate surface area is 71.4 Å². The highest BCUT2D eigenvalue weighted by Gasteiger charge is 2.00. The Kier molecular flexibility index (Phi) is 8.27. The molecule has 0 bridgehead atoms. The second kappa shape index (κ2) is 8.20. The van der Waals surface area contributed by atoms with Crippen molar-refractivity contribution in [1.29, 1.82) is 0 Å². The Morgan fingerprint density at radius 1 is 1.00 bits per heavy atom. The minimum atomic E-state index is 0.168. The second-order valence-corrected chi connectivity index (χ2v) is 2.89. The van der Waals surface area contributed by atoms with E-state index in [1.165, 1.54) is 0 Å². The van der Waals surface area contributed by atoms with Crippen molar-refractivity contribution in [2.24, 2.45) is 0 Å². The third-order valence-electron chi connectivity index (χ3n) is 1.48. The number of nitrogens with zero attached hydrogens (tertiary/aromatic N) is 1. The molecule has 0 fully saturated rings. The van der Waals surface area contributed by atoms with Crippen LogP contribution in [0, 0.1) is 0 Å². The lowest BCUT2D eigenvalue weighted by atomic mass is 10.4. The largest absolute Gasteiger partial charge is 0.395 e. The molecule has 2 N–H and O–H groups in total. The Hall–Kier alpha value is 0.0969. The first-order valence-electron chi connectivity index (χ1n) is 3.93. The van der Waals surface area contributed by atoms with Crippen molar-refractivity contribution >= 4 is 10.2 Å². The van der Waals surface area contributed by atoms with Crippen LogP contribution in [0.25, 0.3) is 0 Å². The molecule has 4 heteroatoms. The fourth-order valence-electron chi connectivity index (χ4n) is 0.921. The van der Waals surface area contributed by atoms with E-state index in [1.54, 1.807) is 0 Å². The molecule has 0 amide bonds. The van der Waals surface area contributed by atoms with Crippen LogP contribution in [0.2, 0.25) is 6.04 Å². The van der Waals surface area contributed by atoms with Gasteiger partial charge in [0.25, 0.3) is 0 Å². The summed E-state index contributed by atoms with van der Waals surface area (Å²) in [5.74, 6) is 0. The van der Waals surface area contributed by atoms with E-state index in [0.29, 0.717) is 13.1 Å². The van der Waals surface area contributed by atoms with Crippen molar-refractivity contribution in [2.75, 3.05) is 32.8 Å². The summed E-state index contributed by atoms with van der Waals surface area (Å²) >= 11 is 0. The number of hydrogen-bond acceptors (Lipinski definition) is 3. The Morgan fingerprint density at radius 3 is 1.91 bits per heavy atom. The summed E-state index contributed by atoms with van der Waals surface area (Å²) in [7, 11) is 3.37. The fraction of sp³-hybridized carbons (Fsp3) is 1.00. The van der Waals surface area contributed by atoms with Gasteiger partial charge in [-0.2, -0.15) is 0 Å². The predicted molar refractivity (Wildman–Crippen MR) is 45.8 cm³/mol. The van der Waals surface area contributed by atoms with E-state index in [2.05, 4.69) is 10.2 Å². The summed E-state index contributed by atoms with van der Waals surface area (Å²) in [6.07, 6.45) is 1.05. The van der Waals surface area contributed by atoms with Gasteiger partial charge in [0.1, 0.15) is 0 Å². The van der Waals surface area contributed by atoms with Crippen LogP contribution in [0.15, 0.2) is 0 Å². The van der Waals surface area contributed by atoms with Crippen molar-refractivity contribution in [1.82, 2.24) is 4.90 Å². The van der Waals surface area contributed by atoms with Crippen LogP contribution in [0.1, 0.15) is 6.42 Å². The maximum Gasteiger partial charge on any atom is 0.0558 e. The molecule has 11 heavy (non-hydrogen) atoms. The molecule has 65 valence electrons. The minimum absolute atomic E-state index is 0.168. The minimum Gasteiger partial charge on any atom is -0.395 e. The first-order chi connectivity index (χ1) is 5.35. The SMILES string of the molecule is OCCN(CCO)CCC[Si]. The highest BCUT2D eigenvalue weighted by molar-refractivity contribution is 6.08. The average molecular weight is 174 g/mol. The van der Waals surface area contributed by atoms with Crippen LogP contribution >= 0.6 is 0 Å². The molecule has 0 unspecified atom stereocenters. The Bertz CT molecular complexity index is 76.8. The normalized spacial score (nSPS) is 10.9. The van der Waals surface area contributed by atoms with Gasteiger partial charge in [-0.1, -0.05) is 6.04 Å². The van der Waals surface area contributed by atoms with E-state index >= 15 is 0 Å². The third-order valence-corrected chi connectivity index (χ3v) is 1.84. The van der Waals surface area contributed by atoms with Gasteiger partial charge in [-0.05, 0) is 13.0 Å². The van der Waals surface area contributed by atoms with Crippen LogP contribution in [-0.2, 0) is 0 Å². The lowest BCUT2D eigenvalue weighted by Crippen LogP contribution is -2.30. The fourth-order valence-corrected chi connectivity index (χ4v) is 1.08. The predicted octanol–water partition coefficient (Wildman–Crippen LogP) is -0.750. The molecule has 0 saturated carbocycles. The topological polar surface area (TPSA) is 43.7 Å². The van der Waals surface area contributed by atoms with Crippen molar-refractivity contribution in [2.45, 2.75) is 12.5 Å². The zero-order valence-electron chi connectivity index (χ0n) is 6.79. The summed E-state index contributed by atoms with van der Waals surface area (Å²) in [6.45, 7) is 2.59. The van der Waals surface area contributed by atoms with E-state index in [1.807, 2.05) is 4.90 Å². The molecule has 0 saturated heterocycles. The molecule has 0 aromatic rings. The van der Waals surface area contributed by atoms with Gasteiger partial charge in [0, 0.05) is 23.3 Å². The van der Waals surface area contributed by atoms with Gasteiger partial charge in [0.05, 0.1) is 13.2 Å². The molecule has 0 atom stereocenters. The molecular formula is C7H16NO2Si. The Morgan fingerprint density at radius 2 is 1.55 bits per heavy atom. The maximum absolute atomic E-state index is 8.63. The molecule has 0 spiro atoms. The molecule has 0 heterocycles. The highest BCUT2D eigenvalue weighted by Crippen LogP contribution is 1.92. The quantitative estimate of drug-likeness (QED) is 0.499. The standard InChI is InChI=1S/C7H16NO2Si/c9-5-3-8(4-6-10)2-1-7-11/h9-10H,1-7H2. The summed E-state index contributed by atoms with van der Waals surface area (Å²) in [4.78, 5) is 2.04. The summed E-state index contributed by atoms with van der Waals surface area (Å²) in [5.41, 5.74) is 0. The van der Waals surface area contributed by atoms with E-state index in [0.717, 1.165) is 19.0 Å². The third kappa shape index (κ3) is 6.49. The molecule has 0 aliphatic rings. The van der Waals surface area contributed by atoms with Crippen LogP contribution in [0.5, 0.6) is 0 Å².